The van der Waals surface area contributed by atoms with Gasteiger partial charge < -0.3 is 14.7 Å². The standard InChI is InChI=1S/C26H26N2O3/c1-30-21-11-7-10-20(18-21)25(27-14-16-31-17-15-27)24-22-12-5-6-13-23(22)28(29)26(24)19-8-3-2-4-9-19/h2-13,18,25,29H,14-17H2,1H3. The van der Waals surface area contributed by atoms with Crippen LogP contribution < -0.4 is 4.74 Å². The zero-order chi connectivity index (χ0) is 21.2. The van der Waals surface area contributed by atoms with Gasteiger partial charge in [0.15, 0.2) is 0 Å². The SMILES string of the molecule is COc1cccc(C(c2c(-c3ccccc3)n(O)c3ccccc23)N2CCOCC2)c1. The molecule has 2 heterocycles. The van der Waals surface area contributed by atoms with Crippen LogP contribution in [-0.2, 0) is 4.74 Å². The first-order valence-electron chi connectivity index (χ1n) is 10.6. The first kappa shape index (κ1) is 19.7. The summed E-state index contributed by atoms with van der Waals surface area (Å²) in [5.74, 6) is 0.824. The molecule has 1 unspecified atom stereocenters. The number of ether oxygens (including phenoxy) is 2. The molecule has 1 N–H and O–H groups in total. The number of methoxy groups -OCH3 is 1. The summed E-state index contributed by atoms with van der Waals surface area (Å²) in [7, 11) is 1.69. The number of hydrogen-bond acceptors (Lipinski definition) is 4. The van der Waals surface area contributed by atoms with Gasteiger partial charge in [-0.2, -0.15) is 4.73 Å². The fourth-order valence-electron chi connectivity index (χ4n) is 4.61. The summed E-state index contributed by atoms with van der Waals surface area (Å²) in [6.45, 7) is 3.03. The third-order valence-corrected chi connectivity index (χ3v) is 6.03. The molecule has 1 atom stereocenters. The minimum absolute atomic E-state index is 0.0486. The molecule has 4 aromatic rings. The number of benzene rings is 3. The Balaban J connectivity index is 1.80. The molecule has 31 heavy (non-hydrogen) atoms. The minimum atomic E-state index is -0.0486. The highest BCUT2D eigenvalue weighted by Crippen LogP contribution is 2.42. The summed E-state index contributed by atoms with van der Waals surface area (Å²) in [5, 5.41) is 12.3. The van der Waals surface area contributed by atoms with Crippen LogP contribution in [0.4, 0.5) is 0 Å². The molecule has 0 saturated carbocycles. The third kappa shape index (κ3) is 3.56. The molecule has 1 saturated heterocycles. The van der Waals surface area contributed by atoms with Crippen LogP contribution in [0.5, 0.6) is 5.75 Å². The summed E-state index contributed by atoms with van der Waals surface area (Å²) >= 11 is 0. The van der Waals surface area contributed by atoms with Gasteiger partial charge >= 0.3 is 0 Å². The Morgan fingerprint density at radius 2 is 1.65 bits per heavy atom. The van der Waals surface area contributed by atoms with E-state index in [0.717, 1.165) is 52.1 Å². The van der Waals surface area contributed by atoms with Crippen LogP contribution in [0.25, 0.3) is 22.2 Å². The van der Waals surface area contributed by atoms with E-state index in [-0.39, 0.29) is 6.04 Å². The molecule has 1 aliphatic rings. The summed E-state index contributed by atoms with van der Waals surface area (Å²) in [6.07, 6.45) is 0. The molecule has 1 aromatic heterocycles. The fraction of sp³-hybridized carbons (Fsp3) is 0.231. The topological polar surface area (TPSA) is 46.9 Å². The van der Waals surface area contributed by atoms with Crippen molar-refractivity contribution >= 4 is 10.9 Å². The zero-order valence-corrected chi connectivity index (χ0v) is 17.6. The van der Waals surface area contributed by atoms with Crippen LogP contribution in [0.2, 0.25) is 0 Å². The van der Waals surface area contributed by atoms with Gasteiger partial charge in [-0.25, -0.2) is 0 Å². The van der Waals surface area contributed by atoms with Crippen molar-refractivity contribution in [1.29, 1.82) is 0 Å². The molecular formula is C26H26N2O3. The minimum Gasteiger partial charge on any atom is -0.497 e. The lowest BCUT2D eigenvalue weighted by Gasteiger charge is -2.35. The first-order valence-corrected chi connectivity index (χ1v) is 10.6. The van der Waals surface area contributed by atoms with Gasteiger partial charge in [0.1, 0.15) is 5.75 Å². The smallest absolute Gasteiger partial charge is 0.119 e. The molecule has 0 bridgehead atoms. The molecule has 5 nitrogen and oxygen atoms in total. The molecule has 0 spiro atoms. The highest BCUT2D eigenvalue weighted by molar-refractivity contribution is 5.92. The second-order valence-corrected chi connectivity index (χ2v) is 7.78. The summed E-state index contributed by atoms with van der Waals surface area (Å²) in [6, 6.07) is 26.3. The van der Waals surface area contributed by atoms with Crippen LogP contribution >= 0.6 is 0 Å². The fourth-order valence-corrected chi connectivity index (χ4v) is 4.61. The first-order chi connectivity index (χ1) is 15.3. The van der Waals surface area contributed by atoms with Crippen LogP contribution in [0.3, 0.4) is 0 Å². The molecule has 5 heteroatoms. The predicted octanol–water partition coefficient (Wildman–Crippen LogP) is 4.98. The summed E-state index contributed by atoms with van der Waals surface area (Å²) < 4.78 is 12.5. The Kier molecular flexibility index (Phi) is 5.37. The van der Waals surface area contributed by atoms with Crippen molar-refractivity contribution < 1.29 is 14.7 Å². The van der Waals surface area contributed by atoms with Crippen molar-refractivity contribution in [3.8, 4) is 17.0 Å². The van der Waals surface area contributed by atoms with Crippen LogP contribution in [0.1, 0.15) is 17.2 Å². The van der Waals surface area contributed by atoms with Gasteiger partial charge in [-0.15, -0.1) is 0 Å². The molecule has 1 fully saturated rings. The average Bonchev–Trinajstić information content (AvgIpc) is 3.13. The predicted molar refractivity (Wildman–Crippen MR) is 122 cm³/mol. The lowest BCUT2D eigenvalue weighted by atomic mass is 9.92. The maximum atomic E-state index is 11.3. The number of para-hydroxylation sites is 1. The Morgan fingerprint density at radius 1 is 0.903 bits per heavy atom. The zero-order valence-electron chi connectivity index (χ0n) is 17.6. The molecule has 0 amide bonds. The third-order valence-electron chi connectivity index (χ3n) is 6.03. The van der Waals surface area contributed by atoms with Crippen LogP contribution in [0, 0.1) is 0 Å². The van der Waals surface area contributed by atoms with Gasteiger partial charge in [0, 0.05) is 29.6 Å². The molecule has 3 aromatic carbocycles. The Labute approximate surface area is 182 Å². The van der Waals surface area contributed by atoms with E-state index in [4.69, 9.17) is 9.47 Å². The van der Waals surface area contributed by atoms with Crippen LogP contribution in [0.15, 0.2) is 78.9 Å². The van der Waals surface area contributed by atoms with Crippen molar-refractivity contribution in [3.63, 3.8) is 0 Å². The molecule has 158 valence electrons. The normalized spacial score (nSPS) is 15.8. The van der Waals surface area contributed by atoms with Gasteiger partial charge in [0.05, 0.1) is 37.6 Å². The number of morpholine rings is 1. The van der Waals surface area contributed by atoms with E-state index < -0.39 is 0 Å². The van der Waals surface area contributed by atoms with E-state index in [1.54, 1.807) is 7.11 Å². The molecule has 0 radical (unpaired) electrons. The summed E-state index contributed by atoms with van der Waals surface area (Å²) in [4.78, 5) is 2.44. The largest absolute Gasteiger partial charge is 0.497 e. The number of rotatable bonds is 5. The molecule has 5 rings (SSSR count). The van der Waals surface area contributed by atoms with Crippen molar-refractivity contribution in [2.75, 3.05) is 33.4 Å². The van der Waals surface area contributed by atoms with E-state index in [1.165, 1.54) is 4.73 Å². The molecule has 1 aliphatic heterocycles. The van der Waals surface area contributed by atoms with E-state index in [0.29, 0.717) is 13.2 Å². The van der Waals surface area contributed by atoms with Crippen molar-refractivity contribution in [1.82, 2.24) is 9.63 Å². The quantitative estimate of drug-likeness (QED) is 0.468. The van der Waals surface area contributed by atoms with Crippen LogP contribution in [-0.4, -0.2) is 48.3 Å². The van der Waals surface area contributed by atoms with Gasteiger partial charge in [-0.1, -0.05) is 60.7 Å². The maximum Gasteiger partial charge on any atom is 0.119 e. The Morgan fingerprint density at radius 3 is 2.42 bits per heavy atom. The highest BCUT2D eigenvalue weighted by atomic mass is 16.5. The number of fused-ring (bicyclic) bond motifs is 1. The van der Waals surface area contributed by atoms with E-state index >= 15 is 0 Å². The monoisotopic (exact) mass is 414 g/mol. The van der Waals surface area contributed by atoms with E-state index in [1.807, 2.05) is 60.7 Å². The Hall–Kier alpha value is -3.28. The molecular weight excluding hydrogens is 388 g/mol. The van der Waals surface area contributed by atoms with E-state index in [9.17, 15) is 5.21 Å². The second kappa shape index (κ2) is 8.46. The summed E-state index contributed by atoms with van der Waals surface area (Å²) in [5.41, 5.74) is 4.84. The average molecular weight is 415 g/mol. The molecule has 0 aliphatic carbocycles. The second-order valence-electron chi connectivity index (χ2n) is 7.78. The van der Waals surface area contributed by atoms with Gasteiger partial charge in [0.25, 0.3) is 0 Å². The van der Waals surface area contributed by atoms with Crippen molar-refractivity contribution in [3.05, 3.63) is 90.0 Å². The number of nitrogens with zero attached hydrogens (tertiary/aromatic N) is 2. The van der Waals surface area contributed by atoms with E-state index in [2.05, 4.69) is 23.1 Å². The van der Waals surface area contributed by atoms with Crippen molar-refractivity contribution in [2.45, 2.75) is 6.04 Å². The Bertz CT molecular complexity index is 1180. The lowest BCUT2D eigenvalue weighted by molar-refractivity contribution is 0.0241. The maximum absolute atomic E-state index is 11.3. The number of hydrogen-bond donors (Lipinski definition) is 1. The number of aromatic nitrogens is 1. The van der Waals surface area contributed by atoms with Gasteiger partial charge in [0.2, 0.25) is 0 Å². The van der Waals surface area contributed by atoms with Crippen molar-refractivity contribution in [2.24, 2.45) is 0 Å². The van der Waals surface area contributed by atoms with Gasteiger partial charge in [-0.3, -0.25) is 4.90 Å². The lowest BCUT2D eigenvalue weighted by Crippen LogP contribution is -2.39. The van der Waals surface area contributed by atoms with Gasteiger partial charge in [-0.05, 0) is 23.8 Å². The highest BCUT2D eigenvalue weighted by Gasteiger charge is 2.31.